The predicted molar refractivity (Wildman–Crippen MR) is 72.6 cm³/mol. The first-order valence-corrected chi connectivity index (χ1v) is 6.06. The molecule has 0 saturated carbocycles. The third kappa shape index (κ3) is 3.94. The van der Waals surface area contributed by atoms with E-state index in [4.69, 9.17) is 5.11 Å². The highest BCUT2D eigenvalue weighted by Crippen LogP contribution is 2.26. The molecular formula is C13H18N2O4. The van der Waals surface area contributed by atoms with Crippen LogP contribution in [0.25, 0.3) is 0 Å². The van der Waals surface area contributed by atoms with Crippen LogP contribution in [0.1, 0.15) is 25.8 Å². The quantitative estimate of drug-likeness (QED) is 0.632. The number of nitro groups is 1. The number of aliphatic carboxylic acids is 1. The number of benzene rings is 1. The smallest absolute Gasteiger partial charge is 0.305 e. The molecule has 0 amide bonds. The van der Waals surface area contributed by atoms with E-state index in [1.165, 1.54) is 6.07 Å². The van der Waals surface area contributed by atoms with Crippen LogP contribution in [0.4, 0.5) is 11.4 Å². The van der Waals surface area contributed by atoms with Crippen molar-refractivity contribution in [3.05, 3.63) is 33.9 Å². The van der Waals surface area contributed by atoms with E-state index < -0.39 is 10.9 Å². The highest BCUT2D eigenvalue weighted by atomic mass is 16.6. The van der Waals surface area contributed by atoms with Crippen molar-refractivity contribution in [1.29, 1.82) is 0 Å². The van der Waals surface area contributed by atoms with E-state index in [9.17, 15) is 14.9 Å². The van der Waals surface area contributed by atoms with Crippen LogP contribution >= 0.6 is 0 Å². The lowest BCUT2D eigenvalue weighted by Gasteiger charge is -2.28. The molecule has 0 fully saturated rings. The Bertz CT molecular complexity index is 486. The number of hydrogen-bond donors (Lipinski definition) is 1. The molecule has 0 aliphatic heterocycles. The van der Waals surface area contributed by atoms with E-state index in [0.717, 1.165) is 0 Å². The summed E-state index contributed by atoms with van der Waals surface area (Å²) in [6.45, 7) is 5.85. The fourth-order valence-electron chi connectivity index (χ4n) is 1.87. The van der Waals surface area contributed by atoms with E-state index in [1.54, 1.807) is 19.1 Å². The van der Waals surface area contributed by atoms with Crippen LogP contribution < -0.4 is 4.90 Å². The standard InChI is InChI=1S/C13H18N2O4/c1-9(2)14(7-6-13(16)17)11-5-4-10(3)12(8-11)15(18)19/h4-5,8-9H,6-7H2,1-3H3,(H,16,17). The lowest BCUT2D eigenvalue weighted by atomic mass is 10.1. The first-order chi connectivity index (χ1) is 8.82. The highest BCUT2D eigenvalue weighted by molar-refractivity contribution is 5.68. The Morgan fingerprint density at radius 2 is 2.11 bits per heavy atom. The van der Waals surface area contributed by atoms with Gasteiger partial charge in [0.25, 0.3) is 5.69 Å². The average Bonchev–Trinajstić information content (AvgIpc) is 2.30. The predicted octanol–water partition coefficient (Wildman–Crippen LogP) is 2.59. The summed E-state index contributed by atoms with van der Waals surface area (Å²) in [5.74, 6) is -0.882. The second-order valence-corrected chi connectivity index (χ2v) is 4.66. The van der Waals surface area contributed by atoms with Crippen LogP contribution in [-0.2, 0) is 4.79 Å². The Morgan fingerprint density at radius 1 is 1.47 bits per heavy atom. The van der Waals surface area contributed by atoms with Crippen LogP contribution in [0.5, 0.6) is 0 Å². The molecule has 0 aliphatic rings. The molecule has 104 valence electrons. The van der Waals surface area contributed by atoms with Gasteiger partial charge in [-0.2, -0.15) is 0 Å². The molecule has 0 saturated heterocycles. The lowest BCUT2D eigenvalue weighted by Crippen LogP contribution is -2.32. The van der Waals surface area contributed by atoms with E-state index in [1.807, 2.05) is 18.7 Å². The number of carboxylic acid groups (broad SMARTS) is 1. The van der Waals surface area contributed by atoms with Crippen LogP contribution in [0.3, 0.4) is 0 Å². The number of nitrogens with zero attached hydrogens (tertiary/aromatic N) is 2. The van der Waals surface area contributed by atoms with Crippen LogP contribution in [-0.4, -0.2) is 28.6 Å². The Kier molecular flexibility index (Phi) is 4.86. The van der Waals surface area contributed by atoms with Crippen LogP contribution in [0, 0.1) is 17.0 Å². The van der Waals surface area contributed by atoms with Crippen molar-refractivity contribution in [3.8, 4) is 0 Å². The maximum absolute atomic E-state index is 10.9. The minimum atomic E-state index is -0.882. The molecule has 0 aliphatic carbocycles. The Labute approximate surface area is 111 Å². The van der Waals surface area contributed by atoms with Crippen molar-refractivity contribution in [2.45, 2.75) is 33.2 Å². The Balaban J connectivity index is 3.05. The molecule has 0 aromatic heterocycles. The molecule has 0 spiro atoms. The zero-order chi connectivity index (χ0) is 14.6. The summed E-state index contributed by atoms with van der Waals surface area (Å²) in [6, 6.07) is 5.03. The fourth-order valence-corrected chi connectivity index (χ4v) is 1.87. The first kappa shape index (κ1) is 14.9. The minimum Gasteiger partial charge on any atom is -0.481 e. The second kappa shape index (κ2) is 6.17. The van der Waals surface area contributed by atoms with Crippen molar-refractivity contribution in [2.75, 3.05) is 11.4 Å². The molecule has 19 heavy (non-hydrogen) atoms. The maximum atomic E-state index is 10.9. The third-order valence-corrected chi connectivity index (χ3v) is 2.91. The van der Waals surface area contributed by atoms with Gasteiger partial charge in [0.2, 0.25) is 0 Å². The summed E-state index contributed by atoms with van der Waals surface area (Å²) in [6.07, 6.45) is -0.000145. The summed E-state index contributed by atoms with van der Waals surface area (Å²) in [7, 11) is 0. The van der Waals surface area contributed by atoms with Crippen molar-refractivity contribution in [1.82, 2.24) is 0 Å². The molecular weight excluding hydrogens is 248 g/mol. The topological polar surface area (TPSA) is 83.7 Å². The summed E-state index contributed by atoms with van der Waals surface area (Å²) < 4.78 is 0. The molecule has 0 heterocycles. The molecule has 0 radical (unpaired) electrons. The van der Waals surface area contributed by atoms with Crippen molar-refractivity contribution < 1.29 is 14.8 Å². The molecule has 6 nitrogen and oxygen atoms in total. The largest absolute Gasteiger partial charge is 0.481 e. The average molecular weight is 266 g/mol. The summed E-state index contributed by atoms with van der Waals surface area (Å²) in [5, 5.41) is 19.7. The monoisotopic (exact) mass is 266 g/mol. The number of hydrogen-bond acceptors (Lipinski definition) is 4. The van der Waals surface area contributed by atoms with E-state index >= 15 is 0 Å². The molecule has 1 aromatic rings. The van der Waals surface area contributed by atoms with Gasteiger partial charge < -0.3 is 10.0 Å². The highest BCUT2D eigenvalue weighted by Gasteiger charge is 2.17. The van der Waals surface area contributed by atoms with Gasteiger partial charge in [0.15, 0.2) is 0 Å². The van der Waals surface area contributed by atoms with Crippen LogP contribution in [0.2, 0.25) is 0 Å². The van der Waals surface area contributed by atoms with Gasteiger partial charge in [0.1, 0.15) is 0 Å². The molecule has 1 rings (SSSR count). The number of nitro benzene ring substituents is 1. The second-order valence-electron chi connectivity index (χ2n) is 4.66. The summed E-state index contributed by atoms with van der Waals surface area (Å²) in [4.78, 5) is 23.0. The third-order valence-electron chi connectivity index (χ3n) is 2.91. The van der Waals surface area contributed by atoms with E-state index in [2.05, 4.69) is 0 Å². The van der Waals surface area contributed by atoms with Gasteiger partial charge in [0, 0.05) is 29.9 Å². The number of carbonyl (C=O) groups is 1. The number of carboxylic acids is 1. The first-order valence-electron chi connectivity index (χ1n) is 6.06. The zero-order valence-electron chi connectivity index (χ0n) is 11.3. The van der Waals surface area contributed by atoms with Gasteiger partial charge in [-0.05, 0) is 26.8 Å². The van der Waals surface area contributed by atoms with E-state index in [0.29, 0.717) is 17.8 Å². The number of aryl methyl sites for hydroxylation is 1. The normalized spacial score (nSPS) is 10.5. The number of anilines is 1. The van der Waals surface area contributed by atoms with E-state index in [-0.39, 0.29) is 18.2 Å². The molecule has 0 bridgehead atoms. The van der Waals surface area contributed by atoms with Gasteiger partial charge in [-0.15, -0.1) is 0 Å². The lowest BCUT2D eigenvalue weighted by molar-refractivity contribution is -0.385. The molecule has 1 aromatic carbocycles. The van der Waals surface area contributed by atoms with Gasteiger partial charge in [-0.1, -0.05) is 6.07 Å². The Morgan fingerprint density at radius 3 is 2.58 bits per heavy atom. The van der Waals surface area contributed by atoms with Crippen molar-refractivity contribution in [3.63, 3.8) is 0 Å². The van der Waals surface area contributed by atoms with Crippen molar-refractivity contribution >= 4 is 17.3 Å². The minimum absolute atomic E-state index is 0.000145. The molecule has 1 N–H and O–H groups in total. The van der Waals surface area contributed by atoms with Gasteiger partial charge >= 0.3 is 5.97 Å². The van der Waals surface area contributed by atoms with Crippen LogP contribution in [0.15, 0.2) is 18.2 Å². The fraction of sp³-hybridized carbons (Fsp3) is 0.462. The maximum Gasteiger partial charge on any atom is 0.305 e. The number of rotatable bonds is 6. The SMILES string of the molecule is Cc1ccc(N(CCC(=O)O)C(C)C)cc1[N+](=O)[O-]. The molecule has 0 unspecified atom stereocenters. The van der Waals surface area contributed by atoms with Gasteiger partial charge in [0.05, 0.1) is 11.3 Å². The Hall–Kier alpha value is -2.11. The van der Waals surface area contributed by atoms with Gasteiger partial charge in [-0.3, -0.25) is 14.9 Å². The summed E-state index contributed by atoms with van der Waals surface area (Å²) in [5.41, 5.74) is 1.32. The zero-order valence-corrected chi connectivity index (χ0v) is 11.3. The summed E-state index contributed by atoms with van der Waals surface area (Å²) >= 11 is 0. The van der Waals surface area contributed by atoms with Gasteiger partial charge in [-0.25, -0.2) is 0 Å². The molecule has 6 heteroatoms. The molecule has 0 atom stereocenters. The van der Waals surface area contributed by atoms with Crippen molar-refractivity contribution in [2.24, 2.45) is 0 Å².